The molecule has 0 spiro atoms. The van der Waals surface area contributed by atoms with Crippen LogP contribution in [-0.2, 0) is 0 Å². The average Bonchev–Trinajstić information content (AvgIpc) is 2.21. The second-order valence-electron chi connectivity index (χ2n) is 2.46. The van der Waals surface area contributed by atoms with Crippen molar-refractivity contribution in [3.63, 3.8) is 0 Å². The van der Waals surface area contributed by atoms with Crippen LogP contribution in [0.4, 0.5) is 0 Å². The van der Waals surface area contributed by atoms with E-state index in [9.17, 15) is 4.79 Å². The fourth-order valence-corrected chi connectivity index (χ4v) is 0.753. The summed E-state index contributed by atoms with van der Waals surface area (Å²) in [6.07, 6.45) is 1.35. The van der Waals surface area contributed by atoms with Crippen molar-refractivity contribution in [2.45, 2.75) is 0 Å². The topological polar surface area (TPSA) is 50.4 Å². The zero-order chi connectivity index (χ0) is 10.2. The van der Waals surface area contributed by atoms with Gasteiger partial charge in [0.25, 0.3) is 0 Å². The van der Waals surface area contributed by atoms with Crippen LogP contribution in [0.5, 0.6) is 5.75 Å². The smallest absolute Gasteiger partial charge is 0.335 e. The predicted octanol–water partition coefficient (Wildman–Crippen LogP) is 2.03. The fourth-order valence-electron chi connectivity index (χ4n) is 0.753. The first-order chi connectivity index (χ1) is 6.79. The lowest BCUT2D eigenvalue weighted by Gasteiger charge is -1.82. The number of hydrogen-bond acceptors (Lipinski definition) is 3. The monoisotopic (exact) mass is 190 g/mol. The van der Waals surface area contributed by atoms with Crippen LogP contribution in [0.25, 0.3) is 0 Å². The molecule has 0 fully saturated rings. The molecule has 0 aliphatic rings. The standard InChI is InChI=1S/C6H6O.C5H4O2/c7-6-4-2-1-3-5-6;6-5-3-1-2-4-7-5/h1-5,7H;1-4H. The van der Waals surface area contributed by atoms with Crippen LogP contribution >= 0.6 is 0 Å². The lowest BCUT2D eigenvalue weighted by atomic mass is 10.3. The summed E-state index contributed by atoms with van der Waals surface area (Å²) in [5.41, 5.74) is -0.303. The number of benzene rings is 1. The third-order valence-corrected chi connectivity index (χ3v) is 1.36. The molecule has 0 amide bonds. The Balaban J connectivity index is 0.000000140. The summed E-state index contributed by atoms with van der Waals surface area (Å²) in [6.45, 7) is 0. The maximum Gasteiger partial charge on any atom is 0.335 e. The number of hydrogen-bond donors (Lipinski definition) is 1. The Hall–Kier alpha value is -2.03. The lowest BCUT2D eigenvalue weighted by molar-refractivity contribution is 0.475. The molecule has 0 saturated heterocycles. The molecule has 1 aromatic carbocycles. The van der Waals surface area contributed by atoms with Gasteiger partial charge in [0.1, 0.15) is 5.75 Å². The highest BCUT2D eigenvalue weighted by Gasteiger charge is 1.75. The van der Waals surface area contributed by atoms with Crippen LogP contribution < -0.4 is 5.63 Å². The van der Waals surface area contributed by atoms with E-state index in [0.29, 0.717) is 5.75 Å². The van der Waals surface area contributed by atoms with E-state index in [2.05, 4.69) is 4.42 Å². The van der Waals surface area contributed by atoms with E-state index in [-0.39, 0.29) is 5.63 Å². The summed E-state index contributed by atoms with van der Waals surface area (Å²) < 4.78 is 4.37. The van der Waals surface area contributed by atoms with Crippen molar-refractivity contribution in [2.24, 2.45) is 0 Å². The highest BCUT2D eigenvalue weighted by Crippen LogP contribution is 2.02. The summed E-state index contributed by atoms with van der Waals surface area (Å²) in [7, 11) is 0. The largest absolute Gasteiger partial charge is 0.508 e. The molecular weight excluding hydrogens is 180 g/mol. The van der Waals surface area contributed by atoms with Crippen LogP contribution in [0.2, 0.25) is 0 Å². The Morgan fingerprint density at radius 1 is 0.929 bits per heavy atom. The molecule has 1 N–H and O–H groups in total. The quantitative estimate of drug-likeness (QED) is 0.691. The van der Waals surface area contributed by atoms with E-state index in [1.165, 1.54) is 12.3 Å². The SMILES string of the molecule is O=c1cccco1.Oc1ccccc1. The highest BCUT2D eigenvalue weighted by molar-refractivity contribution is 5.18. The molecule has 0 radical (unpaired) electrons. The Morgan fingerprint density at radius 3 is 1.86 bits per heavy atom. The summed E-state index contributed by atoms with van der Waals surface area (Å²) in [6, 6.07) is 13.4. The van der Waals surface area contributed by atoms with Crippen molar-refractivity contribution >= 4 is 0 Å². The van der Waals surface area contributed by atoms with Crippen LogP contribution in [0, 0.1) is 0 Å². The van der Waals surface area contributed by atoms with Crippen LogP contribution in [-0.4, -0.2) is 5.11 Å². The van der Waals surface area contributed by atoms with Gasteiger partial charge in [0.05, 0.1) is 6.26 Å². The van der Waals surface area contributed by atoms with Crippen molar-refractivity contribution in [2.75, 3.05) is 0 Å². The highest BCUT2D eigenvalue weighted by atomic mass is 16.4. The van der Waals surface area contributed by atoms with Crippen LogP contribution in [0.3, 0.4) is 0 Å². The van der Waals surface area contributed by atoms with Gasteiger partial charge in [0.15, 0.2) is 0 Å². The average molecular weight is 190 g/mol. The molecule has 2 rings (SSSR count). The number of phenols is 1. The minimum Gasteiger partial charge on any atom is -0.508 e. The Bertz CT molecular complexity index is 389. The van der Waals surface area contributed by atoms with Gasteiger partial charge in [0.2, 0.25) is 0 Å². The van der Waals surface area contributed by atoms with Crippen molar-refractivity contribution in [1.29, 1.82) is 0 Å². The van der Waals surface area contributed by atoms with Crippen molar-refractivity contribution in [3.8, 4) is 5.75 Å². The second-order valence-corrected chi connectivity index (χ2v) is 2.46. The van der Waals surface area contributed by atoms with Gasteiger partial charge in [-0.1, -0.05) is 24.3 Å². The van der Waals surface area contributed by atoms with Gasteiger partial charge in [-0.2, -0.15) is 0 Å². The van der Waals surface area contributed by atoms with Crippen LogP contribution in [0.1, 0.15) is 0 Å². The van der Waals surface area contributed by atoms with Gasteiger partial charge >= 0.3 is 5.63 Å². The van der Waals surface area contributed by atoms with Gasteiger partial charge in [-0.3, -0.25) is 0 Å². The van der Waals surface area contributed by atoms with Gasteiger partial charge in [0, 0.05) is 6.07 Å². The molecule has 14 heavy (non-hydrogen) atoms. The van der Waals surface area contributed by atoms with E-state index < -0.39 is 0 Å². The Kier molecular flexibility index (Phi) is 4.01. The van der Waals surface area contributed by atoms with Crippen molar-refractivity contribution < 1.29 is 9.52 Å². The van der Waals surface area contributed by atoms with E-state index in [1.807, 2.05) is 6.07 Å². The molecule has 0 unspecified atom stereocenters. The Labute approximate surface area is 81.3 Å². The summed E-state index contributed by atoms with van der Waals surface area (Å²) in [4.78, 5) is 10.1. The van der Waals surface area contributed by atoms with Crippen LogP contribution in [0.15, 0.2) is 64.0 Å². The lowest BCUT2D eigenvalue weighted by Crippen LogP contribution is -1.90. The molecule has 0 saturated carbocycles. The number of rotatable bonds is 0. The van der Waals surface area contributed by atoms with Gasteiger partial charge < -0.3 is 9.52 Å². The third kappa shape index (κ3) is 4.11. The predicted molar refractivity (Wildman–Crippen MR) is 53.1 cm³/mol. The molecule has 0 bridgehead atoms. The fraction of sp³-hybridized carbons (Fsp3) is 0. The number of para-hydroxylation sites is 1. The normalized spacial score (nSPS) is 8.57. The molecule has 0 atom stereocenters. The van der Waals surface area contributed by atoms with Crippen molar-refractivity contribution in [1.82, 2.24) is 0 Å². The van der Waals surface area contributed by atoms with E-state index >= 15 is 0 Å². The number of aromatic hydroxyl groups is 1. The zero-order valence-electron chi connectivity index (χ0n) is 7.46. The Morgan fingerprint density at radius 2 is 1.57 bits per heavy atom. The molecule has 1 heterocycles. The van der Waals surface area contributed by atoms with Gasteiger partial charge in [-0.15, -0.1) is 0 Å². The first-order valence-electron chi connectivity index (χ1n) is 4.07. The van der Waals surface area contributed by atoms with Crippen molar-refractivity contribution in [3.05, 3.63) is 65.2 Å². The summed E-state index contributed by atoms with van der Waals surface area (Å²) in [5.74, 6) is 0.322. The first-order valence-corrected chi connectivity index (χ1v) is 4.07. The maximum atomic E-state index is 10.1. The molecule has 3 heteroatoms. The zero-order valence-corrected chi connectivity index (χ0v) is 7.46. The molecule has 0 aliphatic carbocycles. The van der Waals surface area contributed by atoms with E-state index in [0.717, 1.165) is 0 Å². The molecule has 0 aliphatic heterocycles. The number of phenolic OH excluding ortho intramolecular Hbond substituents is 1. The first kappa shape index (κ1) is 10.1. The minimum absolute atomic E-state index is 0.303. The molecular formula is C11H10O3. The maximum absolute atomic E-state index is 10.1. The molecule has 1 aromatic heterocycles. The molecule has 3 nitrogen and oxygen atoms in total. The second kappa shape index (κ2) is 5.59. The van der Waals surface area contributed by atoms with Gasteiger partial charge in [-0.05, 0) is 18.2 Å². The molecule has 2 aromatic rings. The van der Waals surface area contributed by atoms with E-state index in [1.54, 1.807) is 36.4 Å². The summed E-state index contributed by atoms with van der Waals surface area (Å²) >= 11 is 0. The molecule has 72 valence electrons. The minimum atomic E-state index is -0.303. The van der Waals surface area contributed by atoms with E-state index in [4.69, 9.17) is 5.11 Å². The summed E-state index contributed by atoms with van der Waals surface area (Å²) in [5, 5.41) is 8.63. The third-order valence-electron chi connectivity index (χ3n) is 1.36. The van der Waals surface area contributed by atoms with Gasteiger partial charge in [-0.25, -0.2) is 4.79 Å².